The maximum atomic E-state index is 11.8. The van der Waals surface area contributed by atoms with Crippen molar-refractivity contribution in [2.75, 3.05) is 26.2 Å². The molecule has 5 nitrogen and oxygen atoms in total. The van der Waals surface area contributed by atoms with Gasteiger partial charge in [0, 0.05) is 13.2 Å². The fourth-order valence-electron chi connectivity index (χ4n) is 2.45. The van der Waals surface area contributed by atoms with Crippen LogP contribution in [0.25, 0.3) is 0 Å². The number of carbonyl (C=O) groups is 1. The van der Waals surface area contributed by atoms with Crippen molar-refractivity contribution in [3.05, 3.63) is 35.9 Å². The number of nitrogens with one attached hydrogen (secondary N) is 1. The fraction of sp³-hybridized carbons (Fsp3) is 0.533. The SMILES string of the molecule is O=C(CN1CCCC(CO)C1)NOCc1ccccc1. The molecule has 0 aromatic heterocycles. The lowest BCUT2D eigenvalue weighted by Crippen LogP contribution is -2.43. The highest BCUT2D eigenvalue weighted by Crippen LogP contribution is 2.15. The molecule has 2 rings (SSSR count). The largest absolute Gasteiger partial charge is 0.396 e. The summed E-state index contributed by atoms with van der Waals surface area (Å²) in [4.78, 5) is 19.0. The van der Waals surface area contributed by atoms with E-state index in [2.05, 4.69) is 10.4 Å². The van der Waals surface area contributed by atoms with Crippen LogP contribution < -0.4 is 5.48 Å². The lowest BCUT2D eigenvalue weighted by atomic mass is 9.99. The number of hydroxylamine groups is 1. The summed E-state index contributed by atoms with van der Waals surface area (Å²) in [6, 6.07) is 9.70. The summed E-state index contributed by atoms with van der Waals surface area (Å²) >= 11 is 0. The maximum Gasteiger partial charge on any atom is 0.257 e. The molecule has 1 atom stereocenters. The van der Waals surface area contributed by atoms with Crippen molar-refractivity contribution in [2.45, 2.75) is 19.4 Å². The normalized spacial score (nSPS) is 19.8. The third kappa shape index (κ3) is 4.92. The molecule has 5 heteroatoms. The van der Waals surface area contributed by atoms with E-state index in [1.807, 2.05) is 30.3 Å². The zero-order valence-electron chi connectivity index (χ0n) is 11.6. The molecule has 0 saturated carbocycles. The molecule has 0 aliphatic carbocycles. The van der Waals surface area contributed by atoms with Crippen LogP contribution in [-0.2, 0) is 16.2 Å². The van der Waals surface area contributed by atoms with E-state index in [0.29, 0.717) is 19.1 Å². The average molecular weight is 278 g/mol. The predicted octanol–water partition coefficient (Wildman–Crippen LogP) is 0.939. The molecule has 0 spiro atoms. The first-order chi connectivity index (χ1) is 9.78. The van der Waals surface area contributed by atoms with Crippen LogP contribution in [-0.4, -0.2) is 42.2 Å². The molecule has 0 radical (unpaired) electrons. The van der Waals surface area contributed by atoms with E-state index in [1.54, 1.807) is 0 Å². The molecule has 1 fully saturated rings. The molecular weight excluding hydrogens is 256 g/mol. The van der Waals surface area contributed by atoms with E-state index in [4.69, 9.17) is 9.94 Å². The zero-order chi connectivity index (χ0) is 14.2. The second-order valence-corrected chi connectivity index (χ2v) is 5.23. The molecule has 1 unspecified atom stereocenters. The van der Waals surface area contributed by atoms with Crippen molar-refractivity contribution in [1.82, 2.24) is 10.4 Å². The highest BCUT2D eigenvalue weighted by molar-refractivity contribution is 5.76. The summed E-state index contributed by atoms with van der Waals surface area (Å²) in [6.45, 7) is 2.57. The molecule has 1 aromatic rings. The van der Waals surface area contributed by atoms with E-state index < -0.39 is 0 Å². The first-order valence-electron chi connectivity index (χ1n) is 7.05. The number of rotatable bonds is 6. The monoisotopic (exact) mass is 278 g/mol. The Morgan fingerprint density at radius 1 is 1.40 bits per heavy atom. The number of hydrogen-bond acceptors (Lipinski definition) is 4. The second-order valence-electron chi connectivity index (χ2n) is 5.23. The lowest BCUT2D eigenvalue weighted by Gasteiger charge is -2.30. The van der Waals surface area contributed by atoms with Crippen molar-refractivity contribution < 1.29 is 14.7 Å². The summed E-state index contributed by atoms with van der Waals surface area (Å²) in [5.41, 5.74) is 3.49. The van der Waals surface area contributed by atoms with E-state index in [-0.39, 0.29) is 12.5 Å². The molecule has 1 aliphatic rings. The number of aliphatic hydroxyl groups is 1. The predicted molar refractivity (Wildman–Crippen MR) is 75.6 cm³/mol. The van der Waals surface area contributed by atoms with E-state index >= 15 is 0 Å². The Morgan fingerprint density at radius 2 is 2.20 bits per heavy atom. The Bertz CT molecular complexity index is 411. The van der Waals surface area contributed by atoms with Gasteiger partial charge >= 0.3 is 0 Å². The minimum atomic E-state index is -0.139. The van der Waals surface area contributed by atoms with Gasteiger partial charge in [-0.3, -0.25) is 14.5 Å². The summed E-state index contributed by atoms with van der Waals surface area (Å²) in [7, 11) is 0. The molecule has 0 bridgehead atoms. The van der Waals surface area contributed by atoms with Gasteiger partial charge in [0.25, 0.3) is 5.91 Å². The quantitative estimate of drug-likeness (QED) is 0.760. The second kappa shape index (κ2) is 7.99. The number of likely N-dealkylation sites (tertiary alicyclic amines) is 1. The van der Waals surface area contributed by atoms with Crippen LogP contribution in [0.4, 0.5) is 0 Å². The summed E-state index contributed by atoms with van der Waals surface area (Å²) in [6.07, 6.45) is 2.07. The molecule has 1 amide bonds. The van der Waals surface area contributed by atoms with Gasteiger partial charge in [-0.2, -0.15) is 0 Å². The molecular formula is C15H22N2O3. The zero-order valence-corrected chi connectivity index (χ0v) is 11.6. The Labute approximate surface area is 119 Å². The third-order valence-electron chi connectivity index (χ3n) is 3.50. The van der Waals surface area contributed by atoms with Gasteiger partial charge in [-0.15, -0.1) is 0 Å². The van der Waals surface area contributed by atoms with Crippen LogP contribution in [0, 0.1) is 5.92 Å². The van der Waals surface area contributed by atoms with Crippen LogP contribution in [0.3, 0.4) is 0 Å². The van der Waals surface area contributed by atoms with Gasteiger partial charge in [-0.05, 0) is 30.9 Å². The summed E-state index contributed by atoms with van der Waals surface area (Å²) < 4.78 is 0. The van der Waals surface area contributed by atoms with Gasteiger partial charge in [0.05, 0.1) is 13.2 Å². The fourth-order valence-corrected chi connectivity index (χ4v) is 2.45. The van der Waals surface area contributed by atoms with E-state index in [1.165, 1.54) is 0 Å². The minimum absolute atomic E-state index is 0.139. The number of nitrogens with zero attached hydrogens (tertiary/aromatic N) is 1. The molecule has 2 N–H and O–H groups in total. The first kappa shape index (κ1) is 15.0. The number of hydrogen-bond donors (Lipinski definition) is 2. The third-order valence-corrected chi connectivity index (χ3v) is 3.50. The van der Waals surface area contributed by atoms with Crippen LogP contribution in [0.1, 0.15) is 18.4 Å². The van der Waals surface area contributed by atoms with Crippen LogP contribution in [0.5, 0.6) is 0 Å². The molecule has 1 aliphatic heterocycles. The smallest absolute Gasteiger partial charge is 0.257 e. The molecule has 20 heavy (non-hydrogen) atoms. The standard InChI is InChI=1S/C15H22N2O3/c18-11-14-7-4-8-17(9-14)10-15(19)16-20-12-13-5-2-1-3-6-13/h1-3,5-6,14,18H,4,7-12H2,(H,16,19). The average Bonchev–Trinajstić information content (AvgIpc) is 2.48. The first-order valence-corrected chi connectivity index (χ1v) is 7.05. The number of carbonyl (C=O) groups excluding carboxylic acids is 1. The van der Waals surface area contributed by atoms with E-state index in [0.717, 1.165) is 31.5 Å². The number of piperidine rings is 1. The van der Waals surface area contributed by atoms with Crippen molar-refractivity contribution in [3.8, 4) is 0 Å². The van der Waals surface area contributed by atoms with E-state index in [9.17, 15) is 4.79 Å². The highest BCUT2D eigenvalue weighted by atomic mass is 16.6. The summed E-state index contributed by atoms with van der Waals surface area (Å²) in [5.74, 6) is 0.154. The maximum absolute atomic E-state index is 11.8. The van der Waals surface area contributed by atoms with Crippen LogP contribution in [0.15, 0.2) is 30.3 Å². The Kier molecular flexibility index (Phi) is 5.98. The van der Waals surface area contributed by atoms with Gasteiger partial charge in [-0.25, -0.2) is 5.48 Å². The molecule has 1 aromatic carbocycles. The number of amides is 1. The number of benzene rings is 1. The topological polar surface area (TPSA) is 61.8 Å². The Hall–Kier alpha value is -1.43. The highest BCUT2D eigenvalue weighted by Gasteiger charge is 2.20. The van der Waals surface area contributed by atoms with Gasteiger partial charge in [0.2, 0.25) is 0 Å². The molecule has 1 saturated heterocycles. The Morgan fingerprint density at radius 3 is 2.95 bits per heavy atom. The Balaban J connectivity index is 1.65. The van der Waals surface area contributed by atoms with Crippen molar-refractivity contribution in [2.24, 2.45) is 5.92 Å². The van der Waals surface area contributed by atoms with Gasteiger partial charge in [-0.1, -0.05) is 30.3 Å². The summed E-state index contributed by atoms with van der Waals surface area (Å²) in [5, 5.41) is 9.16. The molecule has 110 valence electrons. The van der Waals surface area contributed by atoms with Gasteiger partial charge < -0.3 is 5.11 Å². The van der Waals surface area contributed by atoms with Gasteiger partial charge in [0.1, 0.15) is 0 Å². The van der Waals surface area contributed by atoms with Gasteiger partial charge in [0.15, 0.2) is 0 Å². The van der Waals surface area contributed by atoms with Crippen molar-refractivity contribution in [3.63, 3.8) is 0 Å². The minimum Gasteiger partial charge on any atom is -0.396 e. The number of aliphatic hydroxyl groups excluding tert-OH is 1. The van der Waals surface area contributed by atoms with Crippen LogP contribution >= 0.6 is 0 Å². The van der Waals surface area contributed by atoms with Crippen molar-refractivity contribution >= 4 is 5.91 Å². The molecule has 1 heterocycles. The van der Waals surface area contributed by atoms with Crippen molar-refractivity contribution in [1.29, 1.82) is 0 Å². The lowest BCUT2D eigenvalue weighted by molar-refractivity contribution is -0.136. The van der Waals surface area contributed by atoms with Crippen LogP contribution in [0.2, 0.25) is 0 Å².